The van der Waals surface area contributed by atoms with Gasteiger partial charge in [-0.15, -0.1) is 0 Å². The Morgan fingerprint density at radius 3 is 1.33 bits per heavy atom. The molecular weight excluding hydrogens is 311 g/mol. The predicted molar refractivity (Wildman–Crippen MR) is 85.9 cm³/mol. The van der Waals surface area contributed by atoms with E-state index >= 15 is 0 Å². The molecule has 2 unspecified atom stereocenters. The van der Waals surface area contributed by atoms with Crippen LogP contribution in [-0.4, -0.2) is 61.3 Å². The summed E-state index contributed by atoms with van der Waals surface area (Å²) in [5.41, 5.74) is 0. The van der Waals surface area contributed by atoms with E-state index in [1.807, 2.05) is 0 Å². The Hall–Kier alpha value is 0.334. The fourth-order valence-corrected chi connectivity index (χ4v) is 2.62. The molecule has 0 saturated carbocycles. The minimum absolute atomic E-state index is 0.237. The predicted octanol–water partition coefficient (Wildman–Crippen LogP) is 3.17. The summed E-state index contributed by atoms with van der Waals surface area (Å²) in [6, 6.07) is 0. The van der Waals surface area contributed by atoms with Gasteiger partial charge in [0.15, 0.2) is 0 Å². The third kappa shape index (κ3) is 11.5. The van der Waals surface area contributed by atoms with Gasteiger partial charge in [-0.1, -0.05) is 0 Å². The van der Waals surface area contributed by atoms with Crippen molar-refractivity contribution in [3.63, 3.8) is 0 Å². The van der Waals surface area contributed by atoms with Crippen LogP contribution >= 0.6 is 0 Å². The van der Waals surface area contributed by atoms with E-state index < -0.39 is 0 Å². The third-order valence-corrected chi connectivity index (χ3v) is 4.79. The molecule has 0 heterocycles. The summed E-state index contributed by atoms with van der Waals surface area (Å²) < 4.78 is 11.4. The van der Waals surface area contributed by atoms with Crippen molar-refractivity contribution in [3.8, 4) is 0 Å². The first kappa shape index (κ1) is 21.3. The fraction of sp³-hybridized carbons (Fsp3) is 1.00. The quantitative estimate of drug-likeness (QED) is 0.451. The molecule has 0 bridgehead atoms. The maximum absolute atomic E-state index is 5.69. The molecule has 4 nitrogen and oxygen atoms in total. The first-order valence-corrected chi connectivity index (χ1v) is 9.23. The van der Waals surface area contributed by atoms with Crippen LogP contribution in [0.5, 0.6) is 0 Å². The number of nitrogens with zero attached hydrogens (tertiary/aromatic N) is 2. The zero-order valence-corrected chi connectivity index (χ0v) is 15.8. The van der Waals surface area contributed by atoms with Crippen molar-refractivity contribution >= 4 is 0 Å². The summed E-state index contributed by atoms with van der Waals surface area (Å²) in [4.78, 5) is 4.83. The molecule has 0 aromatic heterocycles. The average Bonchev–Trinajstić information content (AvgIpc) is 2.49. The van der Waals surface area contributed by atoms with Crippen LogP contribution in [0, 0.1) is 0 Å². The van der Waals surface area contributed by atoms with Crippen LogP contribution in [0.4, 0.5) is 0 Å². The van der Waals surface area contributed by atoms with Crippen LogP contribution < -0.4 is 0 Å². The molecule has 0 amide bonds. The first-order valence-electron chi connectivity index (χ1n) is 8.43. The summed E-state index contributed by atoms with van der Waals surface area (Å²) >= 11 is 0.978. The van der Waals surface area contributed by atoms with Crippen molar-refractivity contribution in [1.82, 2.24) is 9.80 Å². The third-order valence-electron chi connectivity index (χ3n) is 3.81. The van der Waals surface area contributed by atoms with Crippen LogP contribution in [-0.2, 0) is 22.8 Å². The minimum atomic E-state index is 0.237. The van der Waals surface area contributed by atoms with Gasteiger partial charge < -0.3 is 0 Å². The number of hydrogen-bond acceptors (Lipinski definition) is 4. The van der Waals surface area contributed by atoms with Gasteiger partial charge >= 0.3 is 139 Å². The molecule has 0 rings (SSSR count). The van der Waals surface area contributed by atoms with Crippen molar-refractivity contribution in [3.05, 3.63) is 0 Å². The van der Waals surface area contributed by atoms with Crippen molar-refractivity contribution in [1.29, 1.82) is 0 Å². The Morgan fingerprint density at radius 2 is 1.05 bits per heavy atom. The SMILES string of the molecule is CCN(CC)CCC(C)[O][Ni][O]C(C)CCN(CC)CC. The average molecular weight is 347 g/mol. The number of rotatable bonds is 14. The van der Waals surface area contributed by atoms with Gasteiger partial charge in [-0.05, 0) is 0 Å². The van der Waals surface area contributed by atoms with Gasteiger partial charge in [0, 0.05) is 0 Å². The number of hydrogen-bond donors (Lipinski definition) is 0. The molecular formula is C16H36N2NiO2. The topological polar surface area (TPSA) is 24.9 Å². The van der Waals surface area contributed by atoms with E-state index in [0.29, 0.717) is 0 Å². The molecule has 0 fully saturated rings. The molecule has 2 atom stereocenters. The Balaban J connectivity index is 3.63. The fourth-order valence-electron chi connectivity index (χ4n) is 2.00. The van der Waals surface area contributed by atoms with E-state index in [-0.39, 0.29) is 12.2 Å². The van der Waals surface area contributed by atoms with Gasteiger partial charge in [-0.3, -0.25) is 0 Å². The second-order valence-electron chi connectivity index (χ2n) is 5.45. The molecule has 0 aliphatic carbocycles. The Bertz CT molecular complexity index is 202. The molecule has 0 aliphatic heterocycles. The zero-order valence-electron chi connectivity index (χ0n) is 14.8. The van der Waals surface area contributed by atoms with E-state index in [1.165, 1.54) is 0 Å². The van der Waals surface area contributed by atoms with Crippen molar-refractivity contribution in [2.24, 2.45) is 0 Å². The van der Waals surface area contributed by atoms with Gasteiger partial charge in [-0.25, -0.2) is 0 Å². The molecule has 0 N–H and O–H groups in total. The van der Waals surface area contributed by atoms with E-state index in [9.17, 15) is 0 Å². The zero-order chi connectivity index (χ0) is 16.1. The van der Waals surface area contributed by atoms with Crippen LogP contribution in [0.15, 0.2) is 0 Å². The Labute approximate surface area is 139 Å². The summed E-state index contributed by atoms with van der Waals surface area (Å²) in [5, 5.41) is 0. The normalized spacial score (nSPS) is 15.0. The molecule has 0 aromatic rings. The van der Waals surface area contributed by atoms with Crippen molar-refractivity contribution < 1.29 is 22.8 Å². The molecule has 5 heteroatoms. The summed E-state index contributed by atoms with van der Waals surface area (Å²) in [6.07, 6.45) is 2.58. The summed E-state index contributed by atoms with van der Waals surface area (Å²) in [5.74, 6) is 0. The van der Waals surface area contributed by atoms with Crippen molar-refractivity contribution in [2.45, 2.75) is 66.6 Å². The van der Waals surface area contributed by atoms with Crippen LogP contribution in [0.3, 0.4) is 0 Å². The van der Waals surface area contributed by atoms with E-state index in [1.54, 1.807) is 0 Å². The molecule has 0 saturated heterocycles. The Kier molecular flexibility index (Phi) is 14.2. The van der Waals surface area contributed by atoms with E-state index in [4.69, 9.17) is 7.76 Å². The van der Waals surface area contributed by atoms with Crippen LogP contribution in [0.25, 0.3) is 0 Å². The molecule has 0 aromatic carbocycles. The maximum atomic E-state index is 5.69. The van der Waals surface area contributed by atoms with Gasteiger partial charge in [0.2, 0.25) is 0 Å². The van der Waals surface area contributed by atoms with Crippen LogP contribution in [0.1, 0.15) is 54.4 Å². The van der Waals surface area contributed by atoms with Gasteiger partial charge in [0.1, 0.15) is 0 Å². The Morgan fingerprint density at radius 1 is 0.714 bits per heavy atom. The first-order chi connectivity index (χ1) is 10.1. The van der Waals surface area contributed by atoms with Gasteiger partial charge in [0.25, 0.3) is 0 Å². The summed E-state index contributed by atoms with van der Waals surface area (Å²) in [6.45, 7) is 19.7. The van der Waals surface area contributed by atoms with Gasteiger partial charge in [0.05, 0.1) is 0 Å². The molecule has 0 spiro atoms. The van der Waals surface area contributed by atoms with E-state index in [2.05, 4.69) is 51.3 Å². The second kappa shape index (κ2) is 14.0. The van der Waals surface area contributed by atoms with E-state index in [0.717, 1.165) is 67.2 Å². The molecule has 21 heavy (non-hydrogen) atoms. The monoisotopic (exact) mass is 346 g/mol. The van der Waals surface area contributed by atoms with Gasteiger partial charge in [-0.2, -0.15) is 0 Å². The second-order valence-corrected chi connectivity index (χ2v) is 6.08. The molecule has 132 valence electrons. The van der Waals surface area contributed by atoms with Crippen LogP contribution in [0.2, 0.25) is 0 Å². The molecule has 0 aliphatic rings. The standard InChI is InChI=1S/2C8H18NO.Ni/c2*1-4-9(5-2)7-6-8(3)10;/h2*8H,4-7H2,1-3H3;/q2*-1;+2. The molecule has 0 radical (unpaired) electrons. The van der Waals surface area contributed by atoms with Crippen molar-refractivity contribution in [2.75, 3.05) is 39.3 Å². The summed E-state index contributed by atoms with van der Waals surface area (Å²) in [7, 11) is 0.